The molecule has 0 aliphatic carbocycles. The molecule has 0 saturated heterocycles. The first-order valence-corrected chi connectivity index (χ1v) is 4.69. The number of hydrogen-bond acceptors (Lipinski definition) is 3. The second-order valence-corrected chi connectivity index (χ2v) is 3.03. The number of aliphatic hydroxyl groups excluding tert-OH is 1. The molecule has 84 valence electrons. The quantitative estimate of drug-likeness (QED) is 0.817. The van der Waals surface area contributed by atoms with Crippen LogP contribution in [-0.4, -0.2) is 17.2 Å². The summed E-state index contributed by atoms with van der Waals surface area (Å²) in [5.41, 5.74) is 0.00752. The van der Waals surface area contributed by atoms with E-state index in [9.17, 15) is 8.78 Å². The van der Waals surface area contributed by atoms with E-state index in [4.69, 9.17) is 21.4 Å². The molecule has 0 unspecified atom stereocenters. The van der Waals surface area contributed by atoms with E-state index in [0.29, 0.717) is 0 Å². The van der Waals surface area contributed by atoms with Crippen LogP contribution in [-0.2, 0) is 12.5 Å². The minimum Gasteiger partial charge on any atom is -0.495 e. The van der Waals surface area contributed by atoms with Crippen molar-refractivity contribution < 1.29 is 18.6 Å². The van der Waals surface area contributed by atoms with E-state index in [0.717, 1.165) is 6.07 Å². The third-order valence-electron chi connectivity index (χ3n) is 1.91. The Morgan fingerprint density at radius 2 is 2.20 bits per heavy atom. The number of alkyl halides is 3. The van der Waals surface area contributed by atoms with Gasteiger partial charge in [0.25, 0.3) is 6.43 Å². The van der Waals surface area contributed by atoms with Gasteiger partial charge in [0.1, 0.15) is 11.4 Å². The van der Waals surface area contributed by atoms with Crippen LogP contribution in [0, 0.1) is 0 Å². The molecule has 0 spiro atoms. The number of halogens is 3. The largest absolute Gasteiger partial charge is 0.495 e. The molecule has 0 fully saturated rings. The van der Waals surface area contributed by atoms with Gasteiger partial charge in [0.05, 0.1) is 25.3 Å². The molecule has 3 nitrogen and oxygen atoms in total. The Bertz CT molecular complexity index is 347. The minimum absolute atomic E-state index is 0.0662. The fraction of sp³-hybridized carbons (Fsp3) is 0.444. The minimum atomic E-state index is -2.66. The summed E-state index contributed by atoms with van der Waals surface area (Å²) in [5.74, 6) is 0.0121. The van der Waals surface area contributed by atoms with Gasteiger partial charge in [-0.05, 0) is 6.07 Å². The van der Waals surface area contributed by atoms with E-state index in [2.05, 4.69) is 4.98 Å². The van der Waals surface area contributed by atoms with Crippen LogP contribution in [0.5, 0.6) is 5.75 Å². The zero-order chi connectivity index (χ0) is 11.4. The van der Waals surface area contributed by atoms with Crippen molar-refractivity contribution in [2.24, 2.45) is 0 Å². The van der Waals surface area contributed by atoms with Gasteiger partial charge in [0, 0.05) is 5.56 Å². The highest BCUT2D eigenvalue weighted by molar-refractivity contribution is 6.17. The smallest absolute Gasteiger partial charge is 0.265 e. The van der Waals surface area contributed by atoms with Gasteiger partial charge >= 0.3 is 0 Å². The molecule has 1 aromatic rings. The summed E-state index contributed by atoms with van der Waals surface area (Å²) in [5, 5.41) is 8.93. The second kappa shape index (κ2) is 5.23. The predicted octanol–water partition coefficient (Wildman–Crippen LogP) is 2.26. The van der Waals surface area contributed by atoms with Crippen LogP contribution in [0.25, 0.3) is 0 Å². The molecule has 1 rings (SSSR count). The molecule has 0 aromatic carbocycles. The Kier molecular flexibility index (Phi) is 4.23. The Balaban J connectivity index is 3.27. The summed E-state index contributed by atoms with van der Waals surface area (Å²) in [4.78, 5) is 3.81. The Labute approximate surface area is 90.7 Å². The van der Waals surface area contributed by atoms with E-state index in [1.54, 1.807) is 0 Å². The number of nitrogens with zero attached hydrogens (tertiary/aromatic N) is 1. The van der Waals surface area contributed by atoms with E-state index >= 15 is 0 Å². The molecule has 0 atom stereocenters. The molecule has 0 aliphatic rings. The number of ether oxygens (including phenoxy) is 1. The summed E-state index contributed by atoms with van der Waals surface area (Å²) >= 11 is 5.48. The van der Waals surface area contributed by atoms with Crippen LogP contribution in [0.3, 0.4) is 0 Å². The van der Waals surface area contributed by atoms with Gasteiger partial charge in [-0.25, -0.2) is 13.8 Å². The molecule has 0 amide bonds. The maximum Gasteiger partial charge on any atom is 0.265 e. The maximum absolute atomic E-state index is 12.5. The summed E-state index contributed by atoms with van der Waals surface area (Å²) in [6, 6.07) is 1.15. The van der Waals surface area contributed by atoms with Crippen molar-refractivity contribution in [3.05, 3.63) is 23.0 Å². The molecule has 15 heavy (non-hydrogen) atoms. The molecule has 1 heterocycles. The lowest BCUT2D eigenvalue weighted by molar-refractivity contribution is 0.149. The van der Waals surface area contributed by atoms with E-state index < -0.39 is 6.43 Å². The Hall–Kier alpha value is -0.940. The highest BCUT2D eigenvalue weighted by Gasteiger charge is 2.17. The average molecular weight is 238 g/mol. The monoisotopic (exact) mass is 237 g/mol. The van der Waals surface area contributed by atoms with Crippen LogP contribution in [0.15, 0.2) is 6.07 Å². The fourth-order valence-corrected chi connectivity index (χ4v) is 1.39. The molecule has 6 heteroatoms. The first kappa shape index (κ1) is 12.1. The van der Waals surface area contributed by atoms with Gasteiger partial charge in [0.15, 0.2) is 0 Å². The molecular weight excluding hydrogens is 228 g/mol. The third-order valence-corrected chi connectivity index (χ3v) is 2.16. The van der Waals surface area contributed by atoms with Gasteiger partial charge < -0.3 is 9.84 Å². The molecule has 0 radical (unpaired) electrons. The first-order valence-electron chi connectivity index (χ1n) is 4.15. The predicted molar refractivity (Wildman–Crippen MR) is 51.2 cm³/mol. The molecule has 1 aromatic heterocycles. The second-order valence-electron chi connectivity index (χ2n) is 2.77. The lowest BCUT2D eigenvalue weighted by Crippen LogP contribution is -2.03. The van der Waals surface area contributed by atoms with Crippen LogP contribution in [0.1, 0.15) is 23.4 Å². The maximum atomic E-state index is 12.5. The molecule has 0 saturated carbocycles. The number of aliphatic hydroxyl groups is 1. The molecule has 0 bridgehead atoms. The van der Waals surface area contributed by atoms with Crippen LogP contribution in [0.4, 0.5) is 8.78 Å². The van der Waals surface area contributed by atoms with Crippen molar-refractivity contribution in [3.8, 4) is 5.75 Å². The fourth-order valence-electron chi connectivity index (χ4n) is 1.18. The number of hydrogen-bond donors (Lipinski definition) is 1. The topological polar surface area (TPSA) is 42.4 Å². The van der Waals surface area contributed by atoms with Crippen molar-refractivity contribution in [2.75, 3.05) is 7.11 Å². The van der Waals surface area contributed by atoms with Crippen LogP contribution in [0.2, 0.25) is 0 Å². The van der Waals surface area contributed by atoms with Crippen molar-refractivity contribution in [3.63, 3.8) is 0 Å². The van der Waals surface area contributed by atoms with Crippen molar-refractivity contribution in [1.82, 2.24) is 4.98 Å². The third kappa shape index (κ3) is 2.54. The molecular formula is C9H10ClF2NO2. The van der Waals surface area contributed by atoms with Gasteiger partial charge in [-0.15, -0.1) is 11.6 Å². The van der Waals surface area contributed by atoms with E-state index in [1.807, 2.05) is 0 Å². The normalized spacial score (nSPS) is 10.8. The molecule has 1 N–H and O–H groups in total. The molecule has 0 aliphatic heterocycles. The summed E-state index contributed by atoms with van der Waals surface area (Å²) in [7, 11) is 1.33. The number of methoxy groups -OCH3 is 1. The van der Waals surface area contributed by atoms with Crippen LogP contribution >= 0.6 is 11.6 Å². The lowest BCUT2D eigenvalue weighted by atomic mass is 10.1. The SMILES string of the molecule is COc1cc(C(F)F)c(CCl)nc1CO. The number of aromatic nitrogens is 1. The van der Waals surface area contributed by atoms with Gasteiger partial charge in [-0.2, -0.15) is 0 Å². The summed E-state index contributed by atoms with van der Waals surface area (Å²) < 4.78 is 29.9. The summed E-state index contributed by atoms with van der Waals surface area (Å²) in [6.07, 6.45) is -2.66. The Morgan fingerprint density at radius 1 is 1.53 bits per heavy atom. The average Bonchev–Trinajstić information content (AvgIpc) is 2.26. The van der Waals surface area contributed by atoms with E-state index in [-0.39, 0.29) is 35.2 Å². The lowest BCUT2D eigenvalue weighted by Gasteiger charge is -2.11. The summed E-state index contributed by atoms with van der Waals surface area (Å²) in [6.45, 7) is -0.378. The van der Waals surface area contributed by atoms with Gasteiger partial charge in [-0.1, -0.05) is 0 Å². The van der Waals surface area contributed by atoms with E-state index in [1.165, 1.54) is 7.11 Å². The first-order chi connectivity index (χ1) is 7.13. The van der Waals surface area contributed by atoms with Gasteiger partial charge in [0.2, 0.25) is 0 Å². The highest BCUT2D eigenvalue weighted by Crippen LogP contribution is 2.28. The number of rotatable bonds is 4. The Morgan fingerprint density at radius 3 is 2.60 bits per heavy atom. The standard InChI is InChI=1S/C9H10ClF2NO2/c1-15-8-2-5(9(11)12)6(3-10)13-7(8)4-14/h2,9,14H,3-4H2,1H3. The zero-order valence-corrected chi connectivity index (χ0v) is 8.76. The number of pyridine rings is 1. The zero-order valence-electron chi connectivity index (χ0n) is 8.01. The van der Waals surface area contributed by atoms with Crippen molar-refractivity contribution in [2.45, 2.75) is 18.9 Å². The van der Waals surface area contributed by atoms with Gasteiger partial charge in [-0.3, -0.25) is 0 Å². The highest BCUT2D eigenvalue weighted by atomic mass is 35.5. The van der Waals surface area contributed by atoms with Crippen molar-refractivity contribution >= 4 is 11.6 Å². The van der Waals surface area contributed by atoms with Crippen molar-refractivity contribution in [1.29, 1.82) is 0 Å². The van der Waals surface area contributed by atoms with Crippen LogP contribution < -0.4 is 4.74 Å².